The number of nitrogens with one attached hydrogen (secondary N) is 1. The van der Waals surface area contributed by atoms with Gasteiger partial charge >= 0.3 is 12.1 Å². The van der Waals surface area contributed by atoms with E-state index in [1.54, 1.807) is 25.1 Å². The van der Waals surface area contributed by atoms with E-state index in [2.05, 4.69) is 26.2 Å². The van der Waals surface area contributed by atoms with Crippen molar-refractivity contribution in [1.82, 2.24) is 4.98 Å². The third kappa shape index (κ3) is 4.09. The Hall–Kier alpha value is -2.68. The monoisotopic (exact) mass is 456 g/mol. The summed E-state index contributed by atoms with van der Waals surface area (Å²) in [5, 5.41) is 3.04. The molecule has 0 spiro atoms. The molecule has 0 amide bonds. The first-order valence-corrected chi connectivity index (χ1v) is 8.89. The van der Waals surface area contributed by atoms with Crippen LogP contribution >= 0.6 is 15.9 Å². The van der Waals surface area contributed by atoms with Crippen LogP contribution in [0.25, 0.3) is 10.9 Å². The fourth-order valence-corrected chi connectivity index (χ4v) is 3.02. The van der Waals surface area contributed by atoms with Gasteiger partial charge in [0.2, 0.25) is 0 Å². The van der Waals surface area contributed by atoms with E-state index >= 15 is 0 Å². The predicted octanol–water partition coefficient (Wildman–Crippen LogP) is 6.08. The highest BCUT2D eigenvalue weighted by Gasteiger charge is 2.34. The normalized spacial score (nSPS) is 11.5. The van der Waals surface area contributed by atoms with Gasteiger partial charge in [0.15, 0.2) is 0 Å². The van der Waals surface area contributed by atoms with Gasteiger partial charge in [-0.3, -0.25) is 4.98 Å². The van der Waals surface area contributed by atoms with Crippen molar-refractivity contribution in [3.05, 3.63) is 64.0 Å². The lowest BCUT2D eigenvalue weighted by molar-refractivity contribution is -0.137. The Morgan fingerprint density at radius 1 is 1.21 bits per heavy atom. The average Bonchev–Trinajstić information content (AvgIpc) is 2.62. The number of carbonyl (C=O) groups is 1. The minimum Gasteiger partial charge on any atom is -0.462 e. The lowest BCUT2D eigenvalue weighted by atomic mass is 10.1. The van der Waals surface area contributed by atoms with Gasteiger partial charge in [-0.05, 0) is 43.3 Å². The van der Waals surface area contributed by atoms with Gasteiger partial charge in [0.1, 0.15) is 11.4 Å². The van der Waals surface area contributed by atoms with Crippen LogP contribution in [0.2, 0.25) is 0 Å². The molecule has 28 heavy (non-hydrogen) atoms. The summed E-state index contributed by atoms with van der Waals surface area (Å²) in [6.45, 7) is 1.69. The second kappa shape index (κ2) is 7.75. The summed E-state index contributed by atoms with van der Waals surface area (Å²) in [4.78, 5) is 16.5. The van der Waals surface area contributed by atoms with Crippen LogP contribution in [0.3, 0.4) is 0 Å². The lowest BCUT2D eigenvalue weighted by Gasteiger charge is -2.18. The van der Waals surface area contributed by atoms with Crippen LogP contribution in [0, 0.1) is 5.82 Å². The number of hydrogen-bond donors (Lipinski definition) is 1. The third-order valence-corrected chi connectivity index (χ3v) is 4.37. The minimum absolute atomic E-state index is 0.0371. The molecule has 1 N–H and O–H groups in total. The maximum Gasteiger partial charge on any atom is 0.418 e. The van der Waals surface area contributed by atoms with Crippen molar-refractivity contribution in [2.45, 2.75) is 13.1 Å². The second-order valence-corrected chi connectivity index (χ2v) is 6.66. The maximum absolute atomic E-state index is 13.4. The molecule has 0 atom stereocenters. The summed E-state index contributed by atoms with van der Waals surface area (Å²) < 4.78 is 59.2. The average molecular weight is 457 g/mol. The van der Waals surface area contributed by atoms with E-state index in [9.17, 15) is 22.4 Å². The molecule has 4 nitrogen and oxygen atoms in total. The Bertz CT molecular complexity index is 1050. The van der Waals surface area contributed by atoms with E-state index in [-0.39, 0.29) is 17.9 Å². The largest absolute Gasteiger partial charge is 0.462 e. The summed E-state index contributed by atoms with van der Waals surface area (Å²) in [5.74, 6) is -1.76. The molecule has 0 aliphatic rings. The number of nitrogens with zero attached hydrogens (tertiary/aromatic N) is 1. The van der Waals surface area contributed by atoms with Gasteiger partial charge in [-0.15, -0.1) is 0 Å². The molecular formula is C19H13BrF4N2O2. The first kappa shape index (κ1) is 20.1. The molecule has 0 bridgehead atoms. The Morgan fingerprint density at radius 3 is 2.64 bits per heavy atom. The number of esters is 1. The molecular weight excluding hydrogens is 444 g/mol. The van der Waals surface area contributed by atoms with Gasteiger partial charge in [-0.25, -0.2) is 9.18 Å². The number of carbonyl (C=O) groups excluding carboxylic acids is 1. The van der Waals surface area contributed by atoms with Crippen LogP contribution in [-0.4, -0.2) is 17.6 Å². The van der Waals surface area contributed by atoms with Gasteiger partial charge in [-0.1, -0.05) is 15.9 Å². The highest BCUT2D eigenvalue weighted by Crippen LogP contribution is 2.39. The first-order chi connectivity index (χ1) is 13.2. The number of pyridine rings is 1. The molecule has 2 aromatic carbocycles. The van der Waals surface area contributed by atoms with E-state index in [1.165, 1.54) is 6.20 Å². The highest BCUT2D eigenvalue weighted by atomic mass is 79.9. The molecule has 3 rings (SSSR count). The molecule has 0 aliphatic carbocycles. The number of aromatic nitrogens is 1. The molecule has 0 fully saturated rings. The minimum atomic E-state index is -4.79. The summed E-state index contributed by atoms with van der Waals surface area (Å²) in [6.07, 6.45) is -3.56. The van der Waals surface area contributed by atoms with E-state index in [0.29, 0.717) is 21.4 Å². The van der Waals surface area contributed by atoms with Gasteiger partial charge in [0, 0.05) is 16.1 Å². The fourth-order valence-electron chi connectivity index (χ4n) is 2.66. The molecule has 1 heterocycles. The number of rotatable bonds is 4. The van der Waals surface area contributed by atoms with Crippen molar-refractivity contribution in [1.29, 1.82) is 0 Å². The number of halogens is 5. The Morgan fingerprint density at radius 2 is 1.96 bits per heavy atom. The van der Waals surface area contributed by atoms with Crippen LogP contribution < -0.4 is 5.32 Å². The van der Waals surface area contributed by atoms with Crippen LogP contribution in [0.1, 0.15) is 22.8 Å². The topological polar surface area (TPSA) is 51.2 Å². The molecule has 9 heteroatoms. The number of alkyl halides is 3. The van der Waals surface area contributed by atoms with Crippen molar-refractivity contribution in [3.63, 3.8) is 0 Å². The number of benzene rings is 2. The lowest BCUT2D eigenvalue weighted by Crippen LogP contribution is -2.13. The smallest absolute Gasteiger partial charge is 0.418 e. The maximum atomic E-state index is 13.4. The molecule has 0 aliphatic heterocycles. The number of ether oxygens (including phenoxy) is 1. The van der Waals surface area contributed by atoms with Gasteiger partial charge < -0.3 is 10.1 Å². The van der Waals surface area contributed by atoms with Crippen molar-refractivity contribution >= 4 is 44.2 Å². The Kier molecular flexibility index (Phi) is 5.55. The fraction of sp³-hybridized carbons (Fsp3) is 0.158. The standard InChI is InChI=1S/C19H13BrF4N2O2/c1-2-28-18(27)13-9-25-15-5-3-10(20)7-12(15)17(13)26-16-6-4-11(21)8-14(16)19(22,23)24/h3-9H,2H2,1H3,(H,25,26). The van der Waals surface area contributed by atoms with Gasteiger partial charge in [0.05, 0.1) is 29.1 Å². The zero-order chi connectivity index (χ0) is 20.5. The Labute approximate surface area is 165 Å². The van der Waals surface area contributed by atoms with E-state index < -0.39 is 29.2 Å². The van der Waals surface area contributed by atoms with Crippen LogP contribution in [0.15, 0.2) is 47.1 Å². The summed E-state index contributed by atoms with van der Waals surface area (Å²) in [5.41, 5.74) is -1.09. The van der Waals surface area contributed by atoms with Crippen LogP contribution in [0.4, 0.5) is 28.9 Å². The number of hydrogen-bond acceptors (Lipinski definition) is 4. The zero-order valence-electron chi connectivity index (χ0n) is 14.4. The third-order valence-electron chi connectivity index (χ3n) is 3.87. The molecule has 0 saturated carbocycles. The second-order valence-electron chi connectivity index (χ2n) is 5.74. The molecule has 0 unspecified atom stereocenters. The van der Waals surface area contributed by atoms with Gasteiger partial charge in [0.25, 0.3) is 0 Å². The molecule has 146 valence electrons. The van der Waals surface area contributed by atoms with Crippen LogP contribution in [-0.2, 0) is 10.9 Å². The van der Waals surface area contributed by atoms with Crippen molar-refractivity contribution in [2.24, 2.45) is 0 Å². The van der Waals surface area contributed by atoms with Crippen molar-refractivity contribution < 1.29 is 27.1 Å². The van der Waals surface area contributed by atoms with Crippen molar-refractivity contribution in [2.75, 3.05) is 11.9 Å². The summed E-state index contributed by atoms with van der Waals surface area (Å²) >= 11 is 3.30. The number of fused-ring (bicyclic) bond motifs is 1. The Balaban J connectivity index is 2.23. The predicted molar refractivity (Wildman–Crippen MR) is 100 cm³/mol. The van der Waals surface area contributed by atoms with Crippen LogP contribution in [0.5, 0.6) is 0 Å². The molecule has 0 saturated heterocycles. The highest BCUT2D eigenvalue weighted by molar-refractivity contribution is 9.10. The van der Waals surface area contributed by atoms with E-state index in [0.717, 1.165) is 12.1 Å². The summed E-state index contributed by atoms with van der Waals surface area (Å²) in [6, 6.07) is 7.24. The van der Waals surface area contributed by atoms with E-state index in [1.807, 2.05) is 0 Å². The van der Waals surface area contributed by atoms with Gasteiger partial charge in [-0.2, -0.15) is 13.2 Å². The SMILES string of the molecule is CCOC(=O)c1cnc2ccc(Br)cc2c1Nc1ccc(F)cc1C(F)(F)F. The molecule has 0 radical (unpaired) electrons. The van der Waals surface area contributed by atoms with Crippen molar-refractivity contribution in [3.8, 4) is 0 Å². The quantitative estimate of drug-likeness (QED) is 0.382. The molecule has 1 aromatic heterocycles. The van der Waals surface area contributed by atoms with E-state index in [4.69, 9.17) is 4.74 Å². The summed E-state index contributed by atoms with van der Waals surface area (Å²) in [7, 11) is 0. The first-order valence-electron chi connectivity index (χ1n) is 8.10. The zero-order valence-corrected chi connectivity index (χ0v) is 16.0. The number of anilines is 2. The molecule has 3 aromatic rings.